The molecule has 1 unspecified atom stereocenters. The molecule has 0 saturated carbocycles. The highest BCUT2D eigenvalue weighted by atomic mass is 19.1. The van der Waals surface area contributed by atoms with E-state index in [4.69, 9.17) is 4.74 Å². The first-order valence-corrected chi connectivity index (χ1v) is 7.14. The Balaban J connectivity index is 2.21. The molecule has 102 valence electrons. The van der Waals surface area contributed by atoms with Crippen molar-refractivity contribution in [2.24, 2.45) is 0 Å². The molecular formula is C16H20FNO. The number of fused-ring (bicyclic) bond motifs is 3. The molecule has 1 aliphatic heterocycles. The molecule has 0 aliphatic carbocycles. The SMILES string of the molecule is CCCC1(CC)OCCc2c1[nH]c1cc(F)ccc21. The van der Waals surface area contributed by atoms with Crippen molar-refractivity contribution in [3.63, 3.8) is 0 Å². The van der Waals surface area contributed by atoms with Crippen LogP contribution in [0.2, 0.25) is 0 Å². The van der Waals surface area contributed by atoms with E-state index in [0.29, 0.717) is 0 Å². The van der Waals surface area contributed by atoms with Gasteiger partial charge in [-0.25, -0.2) is 4.39 Å². The summed E-state index contributed by atoms with van der Waals surface area (Å²) in [5, 5.41) is 1.15. The number of rotatable bonds is 3. The second-order valence-electron chi connectivity index (χ2n) is 5.36. The molecule has 1 aromatic heterocycles. The molecule has 0 saturated heterocycles. The molecular weight excluding hydrogens is 241 g/mol. The van der Waals surface area contributed by atoms with Crippen molar-refractivity contribution in [2.75, 3.05) is 6.61 Å². The average molecular weight is 261 g/mol. The predicted octanol–water partition coefficient (Wildman–Crippen LogP) is 4.29. The zero-order valence-corrected chi connectivity index (χ0v) is 11.6. The molecule has 1 atom stereocenters. The third-order valence-corrected chi connectivity index (χ3v) is 4.28. The summed E-state index contributed by atoms with van der Waals surface area (Å²) in [7, 11) is 0. The largest absolute Gasteiger partial charge is 0.368 e. The normalized spacial score (nSPS) is 22.7. The molecule has 0 fully saturated rings. The molecule has 1 aromatic carbocycles. The van der Waals surface area contributed by atoms with Crippen molar-refractivity contribution in [1.29, 1.82) is 0 Å². The van der Waals surface area contributed by atoms with Gasteiger partial charge in [0, 0.05) is 10.9 Å². The highest BCUT2D eigenvalue weighted by Crippen LogP contribution is 2.42. The number of halogens is 1. The quantitative estimate of drug-likeness (QED) is 0.876. The number of ether oxygens (including phenoxy) is 1. The van der Waals surface area contributed by atoms with Crippen molar-refractivity contribution >= 4 is 10.9 Å². The molecule has 19 heavy (non-hydrogen) atoms. The molecule has 1 N–H and O–H groups in total. The van der Waals surface area contributed by atoms with Crippen molar-refractivity contribution in [3.8, 4) is 0 Å². The highest BCUT2D eigenvalue weighted by molar-refractivity contribution is 5.85. The molecule has 0 amide bonds. The third-order valence-electron chi connectivity index (χ3n) is 4.28. The van der Waals surface area contributed by atoms with Gasteiger partial charge in [0.05, 0.1) is 12.3 Å². The van der Waals surface area contributed by atoms with Crippen LogP contribution in [0.1, 0.15) is 44.4 Å². The molecule has 0 spiro atoms. The first-order valence-electron chi connectivity index (χ1n) is 7.14. The summed E-state index contributed by atoms with van der Waals surface area (Å²) in [5.74, 6) is -0.190. The Morgan fingerprint density at radius 3 is 2.95 bits per heavy atom. The summed E-state index contributed by atoms with van der Waals surface area (Å²) in [5.41, 5.74) is 3.17. The van der Waals surface area contributed by atoms with Crippen LogP contribution in [0.25, 0.3) is 10.9 Å². The zero-order chi connectivity index (χ0) is 13.5. The summed E-state index contributed by atoms with van der Waals surface area (Å²) in [6.45, 7) is 5.10. The standard InChI is InChI=1S/C16H20FNO/c1-3-8-16(4-2)15-13(7-9-19-16)12-6-5-11(17)10-14(12)18-15/h5-6,10,18H,3-4,7-9H2,1-2H3. The fourth-order valence-corrected chi connectivity index (χ4v) is 3.35. The minimum Gasteiger partial charge on any atom is -0.368 e. The van der Waals surface area contributed by atoms with Crippen molar-refractivity contribution in [3.05, 3.63) is 35.3 Å². The Labute approximate surface area is 113 Å². The van der Waals surface area contributed by atoms with Crippen LogP contribution in [0.4, 0.5) is 4.39 Å². The van der Waals surface area contributed by atoms with Crippen LogP contribution in [0.3, 0.4) is 0 Å². The number of aromatic amines is 1. The maximum Gasteiger partial charge on any atom is 0.125 e. The van der Waals surface area contributed by atoms with Crippen LogP contribution < -0.4 is 0 Å². The van der Waals surface area contributed by atoms with Crippen LogP contribution in [-0.4, -0.2) is 11.6 Å². The van der Waals surface area contributed by atoms with E-state index in [1.807, 2.05) is 6.07 Å². The van der Waals surface area contributed by atoms with Crippen LogP contribution in [0.15, 0.2) is 18.2 Å². The van der Waals surface area contributed by atoms with Gasteiger partial charge in [-0.2, -0.15) is 0 Å². The van der Waals surface area contributed by atoms with Gasteiger partial charge in [-0.1, -0.05) is 20.3 Å². The summed E-state index contributed by atoms with van der Waals surface area (Å²) in [6.07, 6.45) is 3.94. The first-order chi connectivity index (χ1) is 9.20. The first kappa shape index (κ1) is 12.7. The van der Waals surface area contributed by atoms with Crippen LogP contribution >= 0.6 is 0 Å². The molecule has 3 rings (SSSR count). The number of hydrogen-bond acceptors (Lipinski definition) is 1. The molecule has 2 aromatic rings. The van der Waals surface area contributed by atoms with E-state index in [-0.39, 0.29) is 11.4 Å². The smallest absolute Gasteiger partial charge is 0.125 e. The maximum atomic E-state index is 13.4. The fraction of sp³-hybridized carbons (Fsp3) is 0.500. The molecule has 1 aliphatic rings. The number of benzene rings is 1. The summed E-state index contributed by atoms with van der Waals surface area (Å²) in [4.78, 5) is 3.42. The number of H-pyrrole nitrogens is 1. The van der Waals surface area contributed by atoms with Gasteiger partial charge in [-0.05, 0) is 43.0 Å². The molecule has 0 bridgehead atoms. The van der Waals surface area contributed by atoms with E-state index in [2.05, 4.69) is 18.8 Å². The van der Waals surface area contributed by atoms with Crippen molar-refractivity contribution < 1.29 is 9.13 Å². The molecule has 3 heteroatoms. The van der Waals surface area contributed by atoms with E-state index in [1.165, 1.54) is 11.3 Å². The van der Waals surface area contributed by atoms with Gasteiger partial charge >= 0.3 is 0 Å². The Morgan fingerprint density at radius 1 is 1.37 bits per heavy atom. The average Bonchev–Trinajstić information content (AvgIpc) is 2.78. The second-order valence-corrected chi connectivity index (χ2v) is 5.36. The third kappa shape index (κ3) is 1.88. The predicted molar refractivity (Wildman–Crippen MR) is 74.8 cm³/mol. The Morgan fingerprint density at radius 2 is 2.21 bits per heavy atom. The number of nitrogens with one attached hydrogen (secondary N) is 1. The summed E-state index contributed by atoms with van der Waals surface area (Å²) in [6, 6.07) is 5.01. The summed E-state index contributed by atoms with van der Waals surface area (Å²) < 4.78 is 19.5. The molecule has 0 radical (unpaired) electrons. The van der Waals surface area contributed by atoms with Gasteiger partial charge in [-0.15, -0.1) is 0 Å². The lowest BCUT2D eigenvalue weighted by Gasteiger charge is -2.36. The Hall–Kier alpha value is -1.35. The maximum absolute atomic E-state index is 13.4. The van der Waals surface area contributed by atoms with E-state index in [9.17, 15) is 4.39 Å². The molecule has 2 nitrogen and oxygen atoms in total. The van der Waals surface area contributed by atoms with E-state index >= 15 is 0 Å². The van der Waals surface area contributed by atoms with Gasteiger partial charge in [0.2, 0.25) is 0 Å². The monoisotopic (exact) mass is 261 g/mol. The van der Waals surface area contributed by atoms with Gasteiger partial charge in [0.25, 0.3) is 0 Å². The van der Waals surface area contributed by atoms with E-state index in [0.717, 1.165) is 43.2 Å². The highest BCUT2D eigenvalue weighted by Gasteiger charge is 2.37. The fourth-order valence-electron chi connectivity index (χ4n) is 3.35. The van der Waals surface area contributed by atoms with Crippen LogP contribution in [0.5, 0.6) is 0 Å². The minimum atomic E-state index is -0.210. The molecule has 2 heterocycles. The zero-order valence-electron chi connectivity index (χ0n) is 11.6. The lowest BCUT2D eigenvalue weighted by Crippen LogP contribution is -2.35. The van der Waals surface area contributed by atoms with E-state index < -0.39 is 0 Å². The summed E-state index contributed by atoms with van der Waals surface area (Å²) >= 11 is 0. The van der Waals surface area contributed by atoms with E-state index in [1.54, 1.807) is 12.1 Å². The lowest BCUT2D eigenvalue weighted by atomic mass is 9.85. The Bertz CT molecular complexity index is 604. The van der Waals surface area contributed by atoms with Gasteiger partial charge in [0.1, 0.15) is 11.4 Å². The topological polar surface area (TPSA) is 25.0 Å². The number of hydrogen-bond donors (Lipinski definition) is 1. The Kier molecular flexibility index (Phi) is 3.09. The van der Waals surface area contributed by atoms with Crippen LogP contribution in [0, 0.1) is 5.82 Å². The van der Waals surface area contributed by atoms with Gasteiger partial charge < -0.3 is 9.72 Å². The van der Waals surface area contributed by atoms with Gasteiger partial charge in [0.15, 0.2) is 0 Å². The minimum absolute atomic E-state index is 0.190. The lowest BCUT2D eigenvalue weighted by molar-refractivity contribution is -0.0723. The second kappa shape index (κ2) is 4.64. The van der Waals surface area contributed by atoms with Gasteiger partial charge in [-0.3, -0.25) is 0 Å². The van der Waals surface area contributed by atoms with Crippen molar-refractivity contribution in [2.45, 2.75) is 45.1 Å². The number of aromatic nitrogens is 1. The van der Waals surface area contributed by atoms with Crippen LogP contribution in [-0.2, 0) is 16.8 Å². The van der Waals surface area contributed by atoms with Crippen molar-refractivity contribution in [1.82, 2.24) is 4.98 Å².